The van der Waals surface area contributed by atoms with Crippen molar-refractivity contribution in [2.45, 2.75) is 0 Å². The molecule has 0 aliphatic rings. The summed E-state index contributed by atoms with van der Waals surface area (Å²) in [5.41, 5.74) is 11.3. The number of hydrogen-bond acceptors (Lipinski definition) is 3. The van der Waals surface area contributed by atoms with E-state index in [1.54, 1.807) is 0 Å². The fraction of sp³-hybridized carbons (Fsp3) is 0. The number of aromatic nitrogens is 3. The molecule has 456 valence electrons. The molecule has 23 rings (SSSR count). The van der Waals surface area contributed by atoms with Gasteiger partial charge in [-0.15, -0.1) is 34.0 Å². The molecule has 6 heterocycles. The van der Waals surface area contributed by atoms with Gasteiger partial charge in [0.1, 0.15) is 0 Å². The molecule has 0 radical (unpaired) electrons. The lowest BCUT2D eigenvalue weighted by Crippen LogP contribution is -1.96. The number of benzene rings is 17. The minimum Gasteiger partial charge on any atom is -0.308 e. The molecule has 0 atom stereocenters. The molecule has 6 aromatic heterocycles. The van der Waals surface area contributed by atoms with E-state index in [0.717, 1.165) is 0 Å². The van der Waals surface area contributed by atoms with E-state index < -0.39 is 0 Å². The van der Waals surface area contributed by atoms with Gasteiger partial charge >= 0.3 is 0 Å². The minimum absolute atomic E-state index is 1.21. The molecule has 0 saturated heterocycles. The number of nitrogens with zero attached hydrogens (tertiary/aromatic N) is 3. The monoisotopic (exact) mass is 1300 g/mol. The quantitative estimate of drug-likeness (QED) is 0.157. The zero-order valence-corrected chi connectivity index (χ0v) is 55.3. The van der Waals surface area contributed by atoms with Crippen LogP contribution in [0.1, 0.15) is 0 Å². The van der Waals surface area contributed by atoms with Crippen LogP contribution in [-0.4, -0.2) is 13.7 Å². The first-order valence-electron chi connectivity index (χ1n) is 33.5. The SMILES string of the molecule is c1ccc2c(c1)cc(-n1c3ccccc3c3ccc4c5ccccc5sc4c31)c1ccccc12.c1ccc2c(c1)ccc1cc(-n3c4ccccc4c4ccc5c6ccccc6sc5c43)ccc12.c1ccc2cc(-n3c4ccccc4c4ccc5c6ccccc6sc5c43)ccc2c1. The van der Waals surface area contributed by atoms with Crippen LogP contribution in [0.4, 0.5) is 0 Å². The molecule has 0 spiro atoms. The molecule has 98 heavy (non-hydrogen) atoms. The molecule has 0 aliphatic heterocycles. The van der Waals surface area contributed by atoms with Gasteiger partial charge < -0.3 is 13.7 Å². The van der Waals surface area contributed by atoms with Crippen molar-refractivity contribution >= 4 is 214 Å². The largest absolute Gasteiger partial charge is 0.308 e. The molecule has 6 heteroatoms. The Bertz CT molecular complexity index is 7270. The fourth-order valence-electron chi connectivity index (χ4n) is 16.2. The molecule has 0 unspecified atom stereocenters. The van der Waals surface area contributed by atoms with E-state index in [9.17, 15) is 0 Å². The summed E-state index contributed by atoms with van der Waals surface area (Å²) in [5.74, 6) is 0. The third kappa shape index (κ3) is 8.33. The Labute approximate surface area is 573 Å². The Balaban J connectivity index is 0.0000000971. The first-order chi connectivity index (χ1) is 48.6. The zero-order valence-electron chi connectivity index (χ0n) is 52.8. The lowest BCUT2D eigenvalue weighted by molar-refractivity contribution is 1.19. The number of hydrogen-bond donors (Lipinski definition) is 0. The van der Waals surface area contributed by atoms with Crippen molar-refractivity contribution in [2.75, 3.05) is 0 Å². The third-order valence-electron chi connectivity index (χ3n) is 20.5. The number of fused-ring (bicyclic) bond motifs is 28. The summed E-state index contributed by atoms with van der Waals surface area (Å²) in [4.78, 5) is 0. The van der Waals surface area contributed by atoms with Crippen LogP contribution in [0.25, 0.3) is 197 Å². The van der Waals surface area contributed by atoms with Gasteiger partial charge in [-0.3, -0.25) is 0 Å². The second-order valence-electron chi connectivity index (χ2n) is 25.8. The van der Waals surface area contributed by atoms with Crippen molar-refractivity contribution in [1.29, 1.82) is 0 Å². The highest BCUT2D eigenvalue weighted by Crippen LogP contribution is 2.48. The average Bonchev–Trinajstić information content (AvgIpc) is 1.58. The summed E-state index contributed by atoms with van der Waals surface area (Å²) in [7, 11) is 0. The maximum Gasteiger partial charge on any atom is 0.0720 e. The van der Waals surface area contributed by atoms with Crippen molar-refractivity contribution < 1.29 is 0 Å². The van der Waals surface area contributed by atoms with E-state index in [1.165, 1.54) is 197 Å². The highest BCUT2D eigenvalue weighted by atomic mass is 32.1. The second kappa shape index (κ2) is 21.8. The lowest BCUT2D eigenvalue weighted by Gasteiger charge is -2.14. The Morgan fingerprint density at radius 2 is 0.480 bits per heavy atom. The summed E-state index contributed by atoms with van der Waals surface area (Å²) in [5, 5.41) is 28.7. The Kier molecular flexibility index (Phi) is 12.3. The van der Waals surface area contributed by atoms with E-state index in [2.05, 4.69) is 347 Å². The average molecular weight is 1300 g/mol. The summed E-state index contributed by atoms with van der Waals surface area (Å²) in [6.07, 6.45) is 0. The van der Waals surface area contributed by atoms with E-state index >= 15 is 0 Å². The van der Waals surface area contributed by atoms with Crippen LogP contribution in [0.2, 0.25) is 0 Å². The van der Waals surface area contributed by atoms with Gasteiger partial charge in [-0.05, 0) is 115 Å². The van der Waals surface area contributed by atoms with E-state index in [-0.39, 0.29) is 0 Å². The number of rotatable bonds is 3. The van der Waals surface area contributed by atoms with Crippen LogP contribution < -0.4 is 0 Å². The molecular weight excluding hydrogens is 1240 g/mol. The van der Waals surface area contributed by atoms with Crippen molar-refractivity contribution in [2.24, 2.45) is 0 Å². The predicted octanol–water partition coefficient (Wildman–Crippen LogP) is 27.2. The summed E-state index contributed by atoms with van der Waals surface area (Å²) >= 11 is 5.70. The molecule has 0 amide bonds. The Morgan fingerprint density at radius 3 is 1.00 bits per heavy atom. The molecule has 0 saturated carbocycles. The molecule has 23 aromatic rings. The Hall–Kier alpha value is -11.9. The van der Waals surface area contributed by atoms with Gasteiger partial charge in [0.15, 0.2) is 0 Å². The zero-order chi connectivity index (χ0) is 64.1. The standard InChI is InChI=1S/2C32H19NS.C28H17NS/c1-2-8-23-20(7-1)13-14-21-19-22(15-16-24(21)23)33-29-11-5-3-9-25(29)27-17-18-28-26-10-4-6-12-30(26)34-32(28)31(27)33;1-2-10-21-20(9-1)19-29(23-12-4-3-11-22(21)23)33-28-15-7-5-13-24(28)26-17-18-27-25-14-6-8-16-30(25)34-32(27)31(26)33;1-2-8-19-17-20(14-13-18(19)7-1)29-25-11-5-3-9-21(25)23-15-16-24-22-10-4-6-12-26(22)30-28(24)27(23)29/h2*1-19H;1-17H. The van der Waals surface area contributed by atoms with Crippen molar-refractivity contribution in [1.82, 2.24) is 13.7 Å². The van der Waals surface area contributed by atoms with Crippen LogP contribution in [0, 0.1) is 0 Å². The second-order valence-corrected chi connectivity index (χ2v) is 28.9. The van der Waals surface area contributed by atoms with Crippen molar-refractivity contribution in [3.63, 3.8) is 0 Å². The van der Waals surface area contributed by atoms with E-state index in [4.69, 9.17) is 0 Å². The van der Waals surface area contributed by atoms with Gasteiger partial charge in [0.05, 0.1) is 52.9 Å². The highest BCUT2D eigenvalue weighted by molar-refractivity contribution is 7.27. The van der Waals surface area contributed by atoms with Crippen LogP contribution in [0.3, 0.4) is 0 Å². The maximum absolute atomic E-state index is 2.51. The van der Waals surface area contributed by atoms with Crippen LogP contribution >= 0.6 is 34.0 Å². The third-order valence-corrected chi connectivity index (χ3v) is 24.1. The highest BCUT2D eigenvalue weighted by Gasteiger charge is 2.23. The van der Waals surface area contributed by atoms with Crippen molar-refractivity contribution in [3.05, 3.63) is 334 Å². The van der Waals surface area contributed by atoms with Gasteiger partial charge in [-0.1, -0.05) is 267 Å². The van der Waals surface area contributed by atoms with Crippen LogP contribution in [0.5, 0.6) is 0 Å². The molecule has 0 N–H and O–H groups in total. The summed E-state index contributed by atoms with van der Waals surface area (Å²) in [6, 6.07) is 122. The molecule has 0 bridgehead atoms. The van der Waals surface area contributed by atoms with Gasteiger partial charge in [0, 0.05) is 95.5 Å². The number of thiophene rings is 3. The molecule has 3 nitrogen and oxygen atoms in total. The summed E-state index contributed by atoms with van der Waals surface area (Å²) in [6.45, 7) is 0. The van der Waals surface area contributed by atoms with Crippen LogP contribution in [0.15, 0.2) is 334 Å². The molecular formula is C92H55N3S3. The topological polar surface area (TPSA) is 14.8 Å². The molecule has 0 aliphatic carbocycles. The van der Waals surface area contributed by atoms with Gasteiger partial charge in [-0.2, -0.15) is 0 Å². The maximum atomic E-state index is 2.51. The predicted molar refractivity (Wildman–Crippen MR) is 429 cm³/mol. The molecule has 17 aromatic carbocycles. The summed E-state index contributed by atoms with van der Waals surface area (Å²) < 4.78 is 15.5. The van der Waals surface area contributed by atoms with Crippen molar-refractivity contribution in [3.8, 4) is 17.1 Å². The normalized spacial score (nSPS) is 12.1. The Morgan fingerprint density at radius 1 is 0.173 bits per heavy atom. The van der Waals surface area contributed by atoms with Crippen LogP contribution in [-0.2, 0) is 0 Å². The van der Waals surface area contributed by atoms with Gasteiger partial charge in [0.25, 0.3) is 0 Å². The van der Waals surface area contributed by atoms with E-state index in [1.807, 2.05) is 34.0 Å². The molecule has 0 fully saturated rings. The van der Waals surface area contributed by atoms with Gasteiger partial charge in [-0.25, -0.2) is 0 Å². The van der Waals surface area contributed by atoms with Gasteiger partial charge in [0.2, 0.25) is 0 Å². The van der Waals surface area contributed by atoms with E-state index in [0.29, 0.717) is 0 Å². The lowest BCUT2D eigenvalue weighted by atomic mass is 10.00. The first kappa shape index (κ1) is 55.4. The first-order valence-corrected chi connectivity index (χ1v) is 35.9. The minimum atomic E-state index is 1.21. The smallest absolute Gasteiger partial charge is 0.0720 e. The number of para-hydroxylation sites is 3. The fourth-order valence-corrected chi connectivity index (χ4v) is 19.9.